The van der Waals surface area contributed by atoms with Gasteiger partial charge in [-0.1, -0.05) is 12.1 Å². The molecule has 0 bridgehead atoms. The summed E-state index contributed by atoms with van der Waals surface area (Å²) in [6.07, 6.45) is -0.144. The van der Waals surface area contributed by atoms with Crippen LogP contribution in [0.3, 0.4) is 0 Å². The minimum Gasteiger partial charge on any atom is -0.497 e. The second-order valence-corrected chi connectivity index (χ2v) is 4.40. The summed E-state index contributed by atoms with van der Waals surface area (Å²) in [5.41, 5.74) is 0.899. The molecule has 7 nitrogen and oxygen atoms in total. The summed E-state index contributed by atoms with van der Waals surface area (Å²) in [5.74, 6) is -2.44. The van der Waals surface area contributed by atoms with E-state index in [0.717, 1.165) is 5.56 Å². The molecule has 1 atom stereocenters. The smallest absolute Gasteiger partial charge is 0.326 e. The minimum absolute atomic E-state index is 0.0791. The van der Waals surface area contributed by atoms with Crippen LogP contribution in [-0.4, -0.2) is 41.2 Å². The van der Waals surface area contributed by atoms with Gasteiger partial charge in [0.15, 0.2) is 0 Å². The van der Waals surface area contributed by atoms with Crippen LogP contribution in [0.1, 0.15) is 18.4 Å². The molecule has 0 unspecified atom stereocenters. The monoisotopic (exact) mass is 295 g/mol. The molecule has 0 aliphatic heterocycles. The van der Waals surface area contributed by atoms with Crippen LogP contribution in [0.2, 0.25) is 0 Å². The fraction of sp³-hybridized carbons (Fsp3) is 0.357. The highest BCUT2D eigenvalue weighted by molar-refractivity contribution is 5.86. The molecule has 0 aliphatic rings. The molecule has 0 saturated heterocycles. The molecule has 1 rings (SSSR count). The number of methoxy groups -OCH3 is 1. The third-order valence-electron chi connectivity index (χ3n) is 2.81. The first-order chi connectivity index (χ1) is 9.92. The molecule has 3 N–H and O–H groups in total. The summed E-state index contributed by atoms with van der Waals surface area (Å²) in [6, 6.07) is 5.72. The highest BCUT2D eigenvalue weighted by Gasteiger charge is 2.22. The van der Waals surface area contributed by atoms with Gasteiger partial charge in [0.05, 0.1) is 13.5 Å². The van der Waals surface area contributed by atoms with Crippen molar-refractivity contribution in [3.05, 3.63) is 29.8 Å². The Labute approximate surface area is 121 Å². The van der Waals surface area contributed by atoms with Crippen LogP contribution in [-0.2, 0) is 20.8 Å². The van der Waals surface area contributed by atoms with Gasteiger partial charge >= 0.3 is 11.9 Å². The Balaban J connectivity index is 2.48. The molecule has 1 aromatic carbocycles. The molecule has 21 heavy (non-hydrogen) atoms. The molecule has 114 valence electrons. The van der Waals surface area contributed by atoms with E-state index in [9.17, 15) is 14.4 Å². The van der Waals surface area contributed by atoms with Crippen LogP contribution in [0.5, 0.6) is 5.75 Å². The second-order valence-electron chi connectivity index (χ2n) is 4.40. The van der Waals surface area contributed by atoms with Crippen LogP contribution in [0.4, 0.5) is 0 Å². The van der Waals surface area contributed by atoms with Crippen molar-refractivity contribution in [1.82, 2.24) is 5.32 Å². The quantitative estimate of drug-likeness (QED) is 0.649. The molecule has 0 heterocycles. The van der Waals surface area contributed by atoms with Gasteiger partial charge in [0, 0.05) is 6.42 Å². The minimum atomic E-state index is -1.41. The summed E-state index contributed by atoms with van der Waals surface area (Å²) >= 11 is 0. The van der Waals surface area contributed by atoms with Gasteiger partial charge in [-0.3, -0.25) is 9.59 Å². The van der Waals surface area contributed by atoms with Gasteiger partial charge < -0.3 is 20.3 Å². The SMILES string of the molecule is COc1ccc(CCC(=O)N[C@@H](CC(=O)O)C(=O)O)cc1. The van der Waals surface area contributed by atoms with E-state index < -0.39 is 30.3 Å². The van der Waals surface area contributed by atoms with Gasteiger partial charge in [0.2, 0.25) is 5.91 Å². The zero-order valence-electron chi connectivity index (χ0n) is 11.5. The maximum atomic E-state index is 11.6. The van der Waals surface area contributed by atoms with E-state index in [0.29, 0.717) is 12.2 Å². The summed E-state index contributed by atoms with van der Waals surface area (Å²) in [6.45, 7) is 0. The number of rotatable bonds is 8. The van der Waals surface area contributed by atoms with E-state index in [1.807, 2.05) is 0 Å². The molecule has 0 aromatic heterocycles. The van der Waals surface area contributed by atoms with Crippen molar-refractivity contribution in [3.63, 3.8) is 0 Å². The van der Waals surface area contributed by atoms with Gasteiger partial charge in [-0.15, -0.1) is 0 Å². The number of ether oxygens (including phenoxy) is 1. The lowest BCUT2D eigenvalue weighted by Crippen LogP contribution is -2.42. The van der Waals surface area contributed by atoms with E-state index in [2.05, 4.69) is 5.32 Å². The molecule has 1 aromatic rings. The first-order valence-electron chi connectivity index (χ1n) is 6.29. The van der Waals surface area contributed by atoms with Gasteiger partial charge in [0.1, 0.15) is 11.8 Å². The van der Waals surface area contributed by atoms with E-state index in [1.54, 1.807) is 31.4 Å². The summed E-state index contributed by atoms with van der Waals surface area (Å²) in [7, 11) is 1.55. The third-order valence-corrected chi connectivity index (χ3v) is 2.81. The number of carboxylic acid groups (broad SMARTS) is 2. The van der Waals surface area contributed by atoms with Crippen LogP contribution < -0.4 is 10.1 Å². The predicted octanol–water partition coefficient (Wildman–Crippen LogP) is 0.672. The molecule has 7 heteroatoms. The number of nitrogens with one attached hydrogen (secondary N) is 1. The van der Waals surface area contributed by atoms with Crippen molar-refractivity contribution in [2.75, 3.05) is 7.11 Å². The van der Waals surface area contributed by atoms with Crippen molar-refractivity contribution in [2.24, 2.45) is 0 Å². The molecule has 0 aliphatic carbocycles. The first-order valence-corrected chi connectivity index (χ1v) is 6.29. The highest BCUT2D eigenvalue weighted by atomic mass is 16.5. The molecular weight excluding hydrogens is 278 g/mol. The zero-order chi connectivity index (χ0) is 15.8. The number of hydrogen-bond acceptors (Lipinski definition) is 4. The lowest BCUT2D eigenvalue weighted by Gasteiger charge is -2.12. The summed E-state index contributed by atoms with van der Waals surface area (Å²) in [5, 5.41) is 19.6. The van der Waals surface area contributed by atoms with Gasteiger partial charge in [-0.05, 0) is 24.1 Å². The number of hydrogen-bond donors (Lipinski definition) is 3. The van der Waals surface area contributed by atoms with E-state index in [-0.39, 0.29) is 6.42 Å². The summed E-state index contributed by atoms with van der Waals surface area (Å²) < 4.78 is 5.01. The topological polar surface area (TPSA) is 113 Å². The molecule has 1 amide bonds. The van der Waals surface area contributed by atoms with Crippen molar-refractivity contribution >= 4 is 17.8 Å². The number of carbonyl (C=O) groups excluding carboxylic acids is 1. The third kappa shape index (κ3) is 5.94. The maximum absolute atomic E-state index is 11.6. The number of benzene rings is 1. The Morgan fingerprint density at radius 1 is 1.19 bits per heavy atom. The van der Waals surface area contributed by atoms with Crippen molar-refractivity contribution in [2.45, 2.75) is 25.3 Å². The van der Waals surface area contributed by atoms with Crippen LogP contribution in [0, 0.1) is 0 Å². The average Bonchev–Trinajstić information content (AvgIpc) is 2.44. The van der Waals surface area contributed by atoms with Crippen LogP contribution >= 0.6 is 0 Å². The lowest BCUT2D eigenvalue weighted by molar-refractivity contribution is -0.147. The zero-order valence-corrected chi connectivity index (χ0v) is 11.5. The Kier molecular flexibility index (Phi) is 6.19. The van der Waals surface area contributed by atoms with Crippen molar-refractivity contribution in [1.29, 1.82) is 0 Å². The number of aliphatic carboxylic acids is 2. The van der Waals surface area contributed by atoms with Crippen LogP contribution in [0.15, 0.2) is 24.3 Å². The van der Waals surface area contributed by atoms with E-state index in [4.69, 9.17) is 14.9 Å². The Morgan fingerprint density at radius 3 is 2.29 bits per heavy atom. The molecular formula is C14H17NO6. The number of aryl methyl sites for hydroxylation is 1. The summed E-state index contributed by atoms with van der Waals surface area (Å²) in [4.78, 5) is 33.0. The molecule has 0 fully saturated rings. The highest BCUT2D eigenvalue weighted by Crippen LogP contribution is 2.12. The van der Waals surface area contributed by atoms with Crippen molar-refractivity contribution in [3.8, 4) is 5.75 Å². The number of amides is 1. The predicted molar refractivity (Wildman–Crippen MR) is 73.1 cm³/mol. The Hall–Kier alpha value is -2.57. The van der Waals surface area contributed by atoms with Gasteiger partial charge in [-0.2, -0.15) is 0 Å². The molecule has 0 radical (unpaired) electrons. The Morgan fingerprint density at radius 2 is 1.81 bits per heavy atom. The normalized spacial score (nSPS) is 11.5. The van der Waals surface area contributed by atoms with Crippen LogP contribution in [0.25, 0.3) is 0 Å². The van der Waals surface area contributed by atoms with Gasteiger partial charge in [0.25, 0.3) is 0 Å². The Bertz CT molecular complexity index is 511. The second kappa shape index (κ2) is 7.88. The van der Waals surface area contributed by atoms with Gasteiger partial charge in [-0.25, -0.2) is 4.79 Å². The molecule has 0 saturated carbocycles. The average molecular weight is 295 g/mol. The number of carbonyl (C=O) groups is 3. The van der Waals surface area contributed by atoms with E-state index in [1.165, 1.54) is 0 Å². The van der Waals surface area contributed by atoms with Crippen molar-refractivity contribution < 1.29 is 29.3 Å². The standard InChI is InChI=1S/C14H17NO6/c1-21-10-5-2-9(3-6-10)4-7-12(16)15-11(14(19)20)8-13(17)18/h2-3,5-6,11H,4,7-8H2,1H3,(H,15,16)(H,17,18)(H,19,20)/t11-/m0/s1. The largest absolute Gasteiger partial charge is 0.497 e. The fourth-order valence-corrected chi connectivity index (χ4v) is 1.69. The lowest BCUT2D eigenvalue weighted by atomic mass is 10.1. The van der Waals surface area contributed by atoms with E-state index >= 15 is 0 Å². The fourth-order valence-electron chi connectivity index (χ4n) is 1.69. The number of carboxylic acids is 2. The molecule has 0 spiro atoms. The first kappa shape index (κ1) is 16.5. The maximum Gasteiger partial charge on any atom is 0.326 e.